The molecule has 0 saturated heterocycles. The van der Waals surface area contributed by atoms with Crippen LogP contribution in [0.15, 0.2) is 12.1 Å². The number of carbonyl (C=O) groups excluding carboxylic acids is 1. The van der Waals surface area contributed by atoms with Crippen molar-refractivity contribution in [2.75, 3.05) is 6.54 Å². The van der Waals surface area contributed by atoms with Crippen molar-refractivity contribution in [3.8, 4) is 0 Å². The topological polar surface area (TPSA) is 41.1 Å². The fourth-order valence-electron chi connectivity index (χ4n) is 1.41. The van der Waals surface area contributed by atoms with Gasteiger partial charge in [0.15, 0.2) is 0 Å². The summed E-state index contributed by atoms with van der Waals surface area (Å²) in [6.45, 7) is 2.40. The molecule has 1 aliphatic carbocycles. The molecule has 0 bridgehead atoms. The van der Waals surface area contributed by atoms with Crippen LogP contribution < -0.4 is 10.6 Å². The van der Waals surface area contributed by atoms with E-state index in [-0.39, 0.29) is 11.9 Å². The average Bonchev–Trinajstić information content (AvgIpc) is 2.95. The molecule has 0 aliphatic heterocycles. The number of carbonyl (C=O) groups is 1. The molecule has 0 aromatic carbocycles. The third-order valence-corrected chi connectivity index (χ3v) is 3.95. The first kappa shape index (κ1) is 11.9. The first-order valence-corrected chi connectivity index (χ1v) is 6.62. The lowest BCUT2D eigenvalue weighted by Gasteiger charge is -2.11. The van der Waals surface area contributed by atoms with E-state index in [1.54, 1.807) is 11.3 Å². The van der Waals surface area contributed by atoms with E-state index in [1.807, 2.05) is 19.1 Å². The summed E-state index contributed by atoms with van der Waals surface area (Å²) in [5.74, 6) is 0.0806. The molecule has 0 radical (unpaired) electrons. The molecule has 5 heteroatoms. The van der Waals surface area contributed by atoms with Crippen LogP contribution in [-0.4, -0.2) is 18.5 Å². The van der Waals surface area contributed by atoms with Crippen LogP contribution in [0.2, 0.25) is 4.34 Å². The van der Waals surface area contributed by atoms with Crippen molar-refractivity contribution < 1.29 is 4.79 Å². The fraction of sp³-hybridized carbons (Fsp3) is 0.545. The highest BCUT2D eigenvalue weighted by Crippen LogP contribution is 2.26. The van der Waals surface area contributed by atoms with Gasteiger partial charge in [-0.2, -0.15) is 0 Å². The highest BCUT2D eigenvalue weighted by molar-refractivity contribution is 7.16. The van der Waals surface area contributed by atoms with Gasteiger partial charge in [-0.15, -0.1) is 11.3 Å². The van der Waals surface area contributed by atoms with Crippen LogP contribution in [0.5, 0.6) is 0 Å². The standard InChI is InChI=1S/C11H15ClN2OS/c1-7(9-4-5-10(12)16-9)13-6-11(15)14-8-2-3-8/h4-5,7-8,13H,2-3,6H2,1H3,(H,14,15). The molecule has 1 unspecified atom stereocenters. The Morgan fingerprint density at radius 2 is 2.38 bits per heavy atom. The van der Waals surface area contributed by atoms with Crippen molar-refractivity contribution >= 4 is 28.8 Å². The molecule has 2 rings (SSSR count). The molecular weight excluding hydrogens is 244 g/mol. The molecule has 1 fully saturated rings. The molecular formula is C11H15ClN2OS. The summed E-state index contributed by atoms with van der Waals surface area (Å²) in [6, 6.07) is 4.47. The lowest BCUT2D eigenvalue weighted by Crippen LogP contribution is -2.35. The zero-order valence-electron chi connectivity index (χ0n) is 9.13. The van der Waals surface area contributed by atoms with Gasteiger partial charge in [0.05, 0.1) is 10.9 Å². The first-order valence-electron chi connectivity index (χ1n) is 5.43. The zero-order chi connectivity index (χ0) is 11.5. The Hall–Kier alpha value is -0.580. The number of thiophene rings is 1. The second kappa shape index (κ2) is 5.17. The molecule has 16 heavy (non-hydrogen) atoms. The van der Waals surface area contributed by atoms with Crippen molar-refractivity contribution in [3.05, 3.63) is 21.3 Å². The highest BCUT2D eigenvalue weighted by atomic mass is 35.5. The number of nitrogens with one attached hydrogen (secondary N) is 2. The van der Waals surface area contributed by atoms with Crippen molar-refractivity contribution in [2.45, 2.75) is 31.8 Å². The maximum Gasteiger partial charge on any atom is 0.234 e. The molecule has 0 spiro atoms. The fourth-order valence-corrected chi connectivity index (χ4v) is 2.50. The monoisotopic (exact) mass is 258 g/mol. The molecule has 3 nitrogen and oxygen atoms in total. The van der Waals surface area contributed by atoms with Crippen LogP contribution >= 0.6 is 22.9 Å². The lowest BCUT2D eigenvalue weighted by molar-refractivity contribution is -0.120. The van der Waals surface area contributed by atoms with Gasteiger partial charge in [-0.05, 0) is 31.9 Å². The molecule has 1 saturated carbocycles. The summed E-state index contributed by atoms with van der Waals surface area (Å²) in [6.07, 6.45) is 2.25. The molecule has 1 atom stereocenters. The van der Waals surface area contributed by atoms with E-state index in [0.29, 0.717) is 12.6 Å². The lowest BCUT2D eigenvalue weighted by atomic mass is 10.3. The van der Waals surface area contributed by atoms with Gasteiger partial charge in [-0.1, -0.05) is 11.6 Å². The van der Waals surface area contributed by atoms with Crippen LogP contribution in [0.25, 0.3) is 0 Å². The zero-order valence-corrected chi connectivity index (χ0v) is 10.7. The molecule has 1 amide bonds. The van der Waals surface area contributed by atoms with Gasteiger partial charge in [0.2, 0.25) is 5.91 Å². The smallest absolute Gasteiger partial charge is 0.234 e. The minimum atomic E-state index is 0.0806. The average molecular weight is 259 g/mol. The highest BCUT2D eigenvalue weighted by Gasteiger charge is 2.23. The van der Waals surface area contributed by atoms with E-state index in [4.69, 9.17) is 11.6 Å². The van der Waals surface area contributed by atoms with E-state index in [2.05, 4.69) is 10.6 Å². The van der Waals surface area contributed by atoms with Gasteiger partial charge in [0.1, 0.15) is 0 Å². The minimum absolute atomic E-state index is 0.0806. The largest absolute Gasteiger partial charge is 0.352 e. The Balaban J connectivity index is 1.74. The number of amides is 1. The van der Waals surface area contributed by atoms with Crippen molar-refractivity contribution in [1.29, 1.82) is 0 Å². The quantitative estimate of drug-likeness (QED) is 0.851. The predicted molar refractivity (Wildman–Crippen MR) is 66.9 cm³/mol. The van der Waals surface area contributed by atoms with E-state index in [1.165, 1.54) is 0 Å². The number of rotatable bonds is 5. The van der Waals surface area contributed by atoms with E-state index in [9.17, 15) is 4.79 Å². The minimum Gasteiger partial charge on any atom is -0.352 e. The van der Waals surface area contributed by atoms with Gasteiger partial charge in [0, 0.05) is 17.0 Å². The van der Waals surface area contributed by atoms with Gasteiger partial charge < -0.3 is 10.6 Å². The second-order valence-electron chi connectivity index (χ2n) is 4.09. The molecule has 1 aliphatic rings. The summed E-state index contributed by atoms with van der Waals surface area (Å²) in [5.41, 5.74) is 0. The third kappa shape index (κ3) is 3.47. The van der Waals surface area contributed by atoms with Crippen LogP contribution in [-0.2, 0) is 4.79 Å². The second-order valence-corrected chi connectivity index (χ2v) is 5.83. The number of hydrogen-bond acceptors (Lipinski definition) is 3. The van der Waals surface area contributed by atoms with Gasteiger partial charge >= 0.3 is 0 Å². The Labute approximate surface area is 104 Å². The maximum atomic E-state index is 11.4. The SMILES string of the molecule is CC(NCC(=O)NC1CC1)c1ccc(Cl)s1. The van der Waals surface area contributed by atoms with E-state index < -0.39 is 0 Å². The van der Waals surface area contributed by atoms with Crippen molar-refractivity contribution in [1.82, 2.24) is 10.6 Å². The summed E-state index contributed by atoms with van der Waals surface area (Å²) in [5, 5.41) is 6.13. The Morgan fingerprint density at radius 1 is 1.62 bits per heavy atom. The summed E-state index contributed by atoms with van der Waals surface area (Å²) in [4.78, 5) is 12.6. The molecule has 1 aromatic heterocycles. The summed E-state index contributed by atoms with van der Waals surface area (Å²) in [7, 11) is 0. The number of halogens is 1. The van der Waals surface area contributed by atoms with Crippen LogP contribution in [0.3, 0.4) is 0 Å². The van der Waals surface area contributed by atoms with Crippen LogP contribution in [0, 0.1) is 0 Å². The normalized spacial score (nSPS) is 17.1. The first-order chi connectivity index (χ1) is 7.65. The molecule has 2 N–H and O–H groups in total. The van der Waals surface area contributed by atoms with Gasteiger partial charge in [-0.3, -0.25) is 4.79 Å². The van der Waals surface area contributed by atoms with Crippen molar-refractivity contribution in [2.24, 2.45) is 0 Å². The van der Waals surface area contributed by atoms with Gasteiger partial charge in [-0.25, -0.2) is 0 Å². The Bertz CT molecular complexity index is 376. The Kier molecular flexibility index (Phi) is 3.84. The maximum absolute atomic E-state index is 11.4. The summed E-state index contributed by atoms with van der Waals surface area (Å²) >= 11 is 7.40. The predicted octanol–water partition coefficient (Wildman–Crippen LogP) is 2.33. The number of hydrogen-bond donors (Lipinski definition) is 2. The molecule has 1 aromatic rings. The van der Waals surface area contributed by atoms with E-state index in [0.717, 1.165) is 22.1 Å². The van der Waals surface area contributed by atoms with Crippen LogP contribution in [0.4, 0.5) is 0 Å². The Morgan fingerprint density at radius 3 is 2.94 bits per heavy atom. The summed E-state index contributed by atoms with van der Waals surface area (Å²) < 4.78 is 0.783. The molecule has 1 heterocycles. The van der Waals surface area contributed by atoms with Gasteiger partial charge in [0.25, 0.3) is 0 Å². The molecule has 88 valence electrons. The van der Waals surface area contributed by atoms with Crippen LogP contribution in [0.1, 0.15) is 30.7 Å². The third-order valence-electron chi connectivity index (χ3n) is 2.53. The van der Waals surface area contributed by atoms with Crippen molar-refractivity contribution in [3.63, 3.8) is 0 Å². The van der Waals surface area contributed by atoms with E-state index >= 15 is 0 Å².